The van der Waals surface area contributed by atoms with Crippen LogP contribution in [-0.2, 0) is 4.79 Å². The molecule has 1 aromatic rings. The zero-order valence-electron chi connectivity index (χ0n) is 8.96. The Hall–Kier alpha value is -1.64. The van der Waals surface area contributed by atoms with E-state index in [2.05, 4.69) is 15.9 Å². The summed E-state index contributed by atoms with van der Waals surface area (Å²) in [5, 5.41) is 10.3. The number of carboxylic acids is 1. The lowest BCUT2D eigenvalue weighted by atomic mass is 10.1. The highest BCUT2D eigenvalue weighted by Crippen LogP contribution is 2.27. The molecule has 0 aliphatic rings. The average Bonchev–Trinajstić information content (AvgIpc) is 2.28. The van der Waals surface area contributed by atoms with E-state index in [-0.39, 0.29) is 4.47 Å². The second-order valence-electron chi connectivity index (χ2n) is 3.37. The van der Waals surface area contributed by atoms with Crippen molar-refractivity contribution in [3.8, 4) is 0 Å². The number of anilines is 1. The van der Waals surface area contributed by atoms with E-state index >= 15 is 0 Å². The van der Waals surface area contributed by atoms with Gasteiger partial charge in [-0.3, -0.25) is 4.79 Å². The van der Waals surface area contributed by atoms with Gasteiger partial charge in [-0.1, -0.05) is 15.9 Å². The number of hydrogen-bond acceptors (Lipinski definition) is 2. The summed E-state index contributed by atoms with van der Waals surface area (Å²) in [6, 6.07) is 3.34. The Morgan fingerprint density at radius 3 is 2.37 bits per heavy atom. The summed E-state index contributed by atoms with van der Waals surface area (Å²) in [5.41, 5.74) is -1.01. The quantitative estimate of drug-likeness (QED) is 0.826. The summed E-state index contributed by atoms with van der Waals surface area (Å²) < 4.78 is 49.7. The topological polar surface area (TPSA) is 66.4 Å². The van der Waals surface area contributed by atoms with Gasteiger partial charge in [-0.2, -0.15) is 8.78 Å². The van der Waals surface area contributed by atoms with Crippen LogP contribution in [0.1, 0.15) is 10.4 Å². The molecule has 0 aromatic heterocycles. The van der Waals surface area contributed by atoms with Crippen LogP contribution in [0.15, 0.2) is 22.7 Å². The van der Waals surface area contributed by atoms with Crippen molar-refractivity contribution >= 4 is 33.5 Å². The zero-order valence-corrected chi connectivity index (χ0v) is 10.5. The van der Waals surface area contributed by atoms with Gasteiger partial charge in [0.15, 0.2) is 0 Å². The lowest BCUT2D eigenvalue weighted by molar-refractivity contribution is -0.163. The number of amides is 1. The highest BCUT2D eigenvalue weighted by atomic mass is 79.9. The number of nitrogens with one attached hydrogen (secondary N) is 1. The number of carboxylic acid groups (broad SMARTS) is 1. The van der Waals surface area contributed by atoms with E-state index in [4.69, 9.17) is 5.11 Å². The first kappa shape index (κ1) is 15.4. The Kier molecular flexibility index (Phi) is 4.51. The number of carbonyl (C=O) groups excluding carboxylic acids is 1. The summed E-state index contributed by atoms with van der Waals surface area (Å²) in [6.07, 6.45) is -4.19. The number of aromatic carboxylic acids is 1. The summed E-state index contributed by atoms with van der Waals surface area (Å²) in [4.78, 5) is 21.8. The number of halogens is 5. The van der Waals surface area contributed by atoms with Crippen LogP contribution in [0.4, 0.5) is 23.2 Å². The molecular weight excluding hydrogens is 338 g/mol. The summed E-state index contributed by atoms with van der Waals surface area (Å²) in [6.45, 7) is 0. The van der Waals surface area contributed by atoms with Crippen LogP contribution < -0.4 is 5.32 Å². The van der Waals surface area contributed by atoms with Crippen molar-refractivity contribution in [1.29, 1.82) is 0 Å². The highest BCUT2D eigenvalue weighted by molar-refractivity contribution is 9.10. The SMILES string of the molecule is O=C(O)c1ccc(Br)cc1NC(=O)C(F)(F)C(F)F. The van der Waals surface area contributed by atoms with Crippen molar-refractivity contribution in [2.24, 2.45) is 0 Å². The van der Waals surface area contributed by atoms with Crippen LogP contribution in [0, 0.1) is 0 Å². The Balaban J connectivity index is 3.09. The van der Waals surface area contributed by atoms with Crippen LogP contribution in [0.5, 0.6) is 0 Å². The van der Waals surface area contributed by atoms with Crippen molar-refractivity contribution in [3.05, 3.63) is 28.2 Å². The van der Waals surface area contributed by atoms with Crippen molar-refractivity contribution in [3.63, 3.8) is 0 Å². The fourth-order valence-electron chi connectivity index (χ4n) is 1.11. The first-order chi connectivity index (χ1) is 8.66. The molecule has 19 heavy (non-hydrogen) atoms. The maximum atomic E-state index is 12.7. The standard InChI is InChI=1S/C10H6BrF4NO3/c11-4-1-2-5(7(17)18)6(3-4)16-9(19)10(14,15)8(12)13/h1-3,8H,(H,16,19)(H,17,18). The Bertz CT molecular complexity index is 521. The van der Waals surface area contributed by atoms with Gasteiger partial charge >= 0.3 is 24.2 Å². The van der Waals surface area contributed by atoms with Gasteiger partial charge in [-0.05, 0) is 18.2 Å². The fraction of sp³-hybridized carbons (Fsp3) is 0.200. The van der Waals surface area contributed by atoms with Crippen molar-refractivity contribution in [2.75, 3.05) is 5.32 Å². The molecule has 0 atom stereocenters. The van der Waals surface area contributed by atoms with Crippen molar-refractivity contribution in [2.45, 2.75) is 12.3 Å². The van der Waals surface area contributed by atoms with Crippen molar-refractivity contribution in [1.82, 2.24) is 0 Å². The molecule has 0 radical (unpaired) electrons. The molecule has 0 bridgehead atoms. The molecule has 4 nitrogen and oxygen atoms in total. The van der Waals surface area contributed by atoms with Gasteiger partial charge in [0, 0.05) is 4.47 Å². The van der Waals surface area contributed by atoms with Crippen LogP contribution in [-0.4, -0.2) is 29.3 Å². The van der Waals surface area contributed by atoms with Crippen LogP contribution in [0.25, 0.3) is 0 Å². The monoisotopic (exact) mass is 343 g/mol. The number of hydrogen-bond donors (Lipinski definition) is 2. The van der Waals surface area contributed by atoms with E-state index in [0.29, 0.717) is 0 Å². The normalized spacial score (nSPS) is 11.5. The van der Waals surface area contributed by atoms with E-state index in [1.807, 2.05) is 0 Å². The van der Waals surface area contributed by atoms with E-state index in [0.717, 1.165) is 12.1 Å². The molecule has 9 heteroatoms. The molecule has 1 amide bonds. The zero-order chi connectivity index (χ0) is 14.8. The molecule has 0 saturated heterocycles. The molecular formula is C10H6BrF4NO3. The lowest BCUT2D eigenvalue weighted by Crippen LogP contribution is -2.41. The Morgan fingerprint density at radius 2 is 1.89 bits per heavy atom. The van der Waals surface area contributed by atoms with Crippen molar-refractivity contribution < 1.29 is 32.3 Å². The molecule has 0 saturated carbocycles. The number of rotatable bonds is 4. The van der Waals surface area contributed by atoms with Gasteiger partial charge in [-0.25, -0.2) is 13.6 Å². The fourth-order valence-corrected chi connectivity index (χ4v) is 1.47. The number of carbonyl (C=O) groups is 2. The molecule has 0 heterocycles. The van der Waals surface area contributed by atoms with Gasteiger partial charge in [0.25, 0.3) is 0 Å². The Morgan fingerprint density at radius 1 is 1.32 bits per heavy atom. The smallest absolute Gasteiger partial charge is 0.383 e. The first-order valence-electron chi connectivity index (χ1n) is 4.66. The minimum Gasteiger partial charge on any atom is -0.478 e. The largest absolute Gasteiger partial charge is 0.478 e. The van der Waals surface area contributed by atoms with Gasteiger partial charge in [0.2, 0.25) is 0 Å². The minimum absolute atomic E-state index is 0.285. The first-order valence-corrected chi connectivity index (χ1v) is 5.45. The predicted octanol–water partition coefficient (Wildman–Crippen LogP) is 2.99. The summed E-state index contributed by atoms with van der Waals surface area (Å²) in [7, 11) is 0. The maximum Gasteiger partial charge on any atom is 0.383 e. The Labute approximate surface area is 112 Å². The van der Waals surface area contributed by atoms with E-state index in [1.54, 1.807) is 0 Å². The van der Waals surface area contributed by atoms with E-state index in [9.17, 15) is 27.2 Å². The molecule has 0 aliphatic carbocycles. The number of benzene rings is 1. The van der Waals surface area contributed by atoms with Crippen LogP contribution in [0.3, 0.4) is 0 Å². The molecule has 0 unspecified atom stereocenters. The van der Waals surface area contributed by atoms with Gasteiger partial charge in [-0.15, -0.1) is 0 Å². The van der Waals surface area contributed by atoms with Gasteiger partial charge in [0.1, 0.15) is 0 Å². The predicted molar refractivity (Wildman–Crippen MR) is 60.7 cm³/mol. The van der Waals surface area contributed by atoms with E-state index < -0.39 is 35.5 Å². The molecule has 1 rings (SSSR count). The third-order valence-electron chi connectivity index (χ3n) is 2.04. The van der Waals surface area contributed by atoms with Gasteiger partial charge in [0.05, 0.1) is 11.3 Å². The minimum atomic E-state index is -4.90. The lowest BCUT2D eigenvalue weighted by Gasteiger charge is -2.16. The summed E-state index contributed by atoms with van der Waals surface area (Å²) in [5.74, 6) is -8.68. The number of alkyl halides is 4. The maximum absolute atomic E-state index is 12.7. The third kappa shape index (κ3) is 3.43. The highest BCUT2D eigenvalue weighted by Gasteiger charge is 2.49. The molecule has 104 valence electrons. The second-order valence-corrected chi connectivity index (χ2v) is 4.29. The van der Waals surface area contributed by atoms with Crippen LogP contribution >= 0.6 is 15.9 Å². The molecule has 0 spiro atoms. The average molecular weight is 344 g/mol. The van der Waals surface area contributed by atoms with E-state index in [1.165, 1.54) is 11.4 Å². The van der Waals surface area contributed by atoms with Gasteiger partial charge < -0.3 is 10.4 Å². The molecule has 1 aromatic carbocycles. The van der Waals surface area contributed by atoms with Crippen LogP contribution in [0.2, 0.25) is 0 Å². The molecule has 2 N–H and O–H groups in total. The second kappa shape index (κ2) is 5.55. The summed E-state index contributed by atoms with van der Waals surface area (Å²) >= 11 is 2.93. The third-order valence-corrected chi connectivity index (χ3v) is 2.53. The molecule has 0 aliphatic heterocycles. The molecule has 0 fully saturated rings.